The van der Waals surface area contributed by atoms with Crippen molar-refractivity contribution in [3.05, 3.63) is 35.8 Å². The van der Waals surface area contributed by atoms with Gasteiger partial charge in [0.15, 0.2) is 6.10 Å². The molecule has 1 atom stereocenters. The minimum absolute atomic E-state index is 0.00753. The number of morpholine rings is 1. The van der Waals surface area contributed by atoms with Crippen molar-refractivity contribution in [3.63, 3.8) is 0 Å². The fourth-order valence-corrected chi connectivity index (χ4v) is 3.47. The van der Waals surface area contributed by atoms with E-state index in [0.717, 1.165) is 22.6 Å². The van der Waals surface area contributed by atoms with Crippen molar-refractivity contribution < 1.29 is 9.53 Å². The highest BCUT2D eigenvalue weighted by molar-refractivity contribution is 5.81. The minimum atomic E-state index is -0.493. The maximum absolute atomic E-state index is 12.7. The summed E-state index contributed by atoms with van der Waals surface area (Å²) in [7, 11) is 1.83. The monoisotopic (exact) mass is 383 g/mol. The molecule has 7 heteroatoms. The zero-order chi connectivity index (χ0) is 20.3. The Morgan fingerprint density at radius 1 is 1.29 bits per heavy atom. The van der Waals surface area contributed by atoms with Crippen LogP contribution in [0.25, 0.3) is 11.3 Å². The molecule has 0 radical (unpaired) electrons. The first-order chi connectivity index (χ1) is 13.3. The van der Waals surface area contributed by atoms with E-state index in [-0.39, 0.29) is 5.91 Å². The standard InChI is InChI=1S/C21H29N5O2/c1-14(2)12-25(5)20(27)19-13-26(10-11-28-19)21-22-9-8-18(24-21)17-7-6-15(3)23-16(17)4/h6-9,14,19H,10-13H2,1-5H3/t19-/m0/s1. The molecule has 0 bridgehead atoms. The van der Waals surface area contributed by atoms with Crippen molar-refractivity contribution in [1.29, 1.82) is 0 Å². The number of amides is 1. The highest BCUT2D eigenvalue weighted by Crippen LogP contribution is 2.23. The number of pyridine rings is 1. The molecule has 1 amide bonds. The lowest BCUT2D eigenvalue weighted by Crippen LogP contribution is -2.51. The molecule has 0 spiro atoms. The Morgan fingerprint density at radius 3 is 2.79 bits per heavy atom. The van der Waals surface area contributed by atoms with Crippen LogP contribution in [-0.4, -0.2) is 65.2 Å². The Labute approximate surface area is 166 Å². The van der Waals surface area contributed by atoms with E-state index in [9.17, 15) is 4.79 Å². The molecule has 150 valence electrons. The molecule has 7 nitrogen and oxygen atoms in total. The average Bonchev–Trinajstić information content (AvgIpc) is 2.67. The number of nitrogens with zero attached hydrogens (tertiary/aromatic N) is 5. The van der Waals surface area contributed by atoms with Gasteiger partial charge in [0.2, 0.25) is 5.95 Å². The maximum Gasteiger partial charge on any atom is 0.253 e. The van der Waals surface area contributed by atoms with E-state index >= 15 is 0 Å². The molecular formula is C21H29N5O2. The van der Waals surface area contributed by atoms with Crippen molar-refractivity contribution >= 4 is 11.9 Å². The summed E-state index contributed by atoms with van der Waals surface area (Å²) in [6.45, 7) is 10.5. The number of rotatable bonds is 5. The average molecular weight is 383 g/mol. The van der Waals surface area contributed by atoms with Gasteiger partial charge in [0.05, 0.1) is 18.8 Å². The largest absolute Gasteiger partial charge is 0.365 e. The topological polar surface area (TPSA) is 71.5 Å². The van der Waals surface area contributed by atoms with Gasteiger partial charge < -0.3 is 14.5 Å². The Kier molecular flexibility index (Phi) is 6.24. The first kappa shape index (κ1) is 20.2. The van der Waals surface area contributed by atoms with E-state index in [2.05, 4.69) is 23.8 Å². The fourth-order valence-electron chi connectivity index (χ4n) is 3.47. The van der Waals surface area contributed by atoms with Gasteiger partial charge in [-0.15, -0.1) is 0 Å². The number of aromatic nitrogens is 3. The first-order valence-corrected chi connectivity index (χ1v) is 9.74. The van der Waals surface area contributed by atoms with Gasteiger partial charge in [0.25, 0.3) is 5.91 Å². The van der Waals surface area contributed by atoms with Crippen LogP contribution in [0.4, 0.5) is 5.95 Å². The number of ether oxygens (including phenoxy) is 1. The number of carbonyl (C=O) groups excluding carboxylic acids is 1. The number of carbonyl (C=O) groups is 1. The summed E-state index contributed by atoms with van der Waals surface area (Å²) < 4.78 is 5.74. The molecule has 28 heavy (non-hydrogen) atoms. The van der Waals surface area contributed by atoms with E-state index in [1.54, 1.807) is 11.1 Å². The first-order valence-electron chi connectivity index (χ1n) is 9.74. The van der Waals surface area contributed by atoms with Gasteiger partial charge in [-0.25, -0.2) is 9.97 Å². The van der Waals surface area contributed by atoms with Crippen LogP contribution in [0.5, 0.6) is 0 Å². The van der Waals surface area contributed by atoms with Crippen molar-refractivity contribution in [2.24, 2.45) is 5.92 Å². The summed E-state index contributed by atoms with van der Waals surface area (Å²) in [5.41, 5.74) is 3.75. The molecule has 1 fully saturated rings. The number of likely N-dealkylation sites (N-methyl/N-ethyl adjacent to an activating group) is 1. The van der Waals surface area contributed by atoms with E-state index in [1.807, 2.05) is 44.0 Å². The van der Waals surface area contributed by atoms with Crippen LogP contribution in [0.3, 0.4) is 0 Å². The van der Waals surface area contributed by atoms with Gasteiger partial charge in [-0.05, 0) is 38.0 Å². The van der Waals surface area contributed by atoms with Crippen LogP contribution in [0.2, 0.25) is 0 Å². The Balaban J connectivity index is 1.77. The summed E-state index contributed by atoms with van der Waals surface area (Å²) in [5, 5.41) is 0. The van der Waals surface area contributed by atoms with Gasteiger partial charge in [-0.3, -0.25) is 9.78 Å². The lowest BCUT2D eigenvalue weighted by atomic mass is 10.1. The number of anilines is 1. The predicted octanol–water partition coefficient (Wildman–Crippen LogP) is 2.48. The molecule has 1 aliphatic rings. The highest BCUT2D eigenvalue weighted by atomic mass is 16.5. The summed E-state index contributed by atoms with van der Waals surface area (Å²) >= 11 is 0. The van der Waals surface area contributed by atoms with Crippen LogP contribution in [0.15, 0.2) is 24.4 Å². The van der Waals surface area contributed by atoms with Crippen LogP contribution in [0, 0.1) is 19.8 Å². The number of hydrogen-bond donors (Lipinski definition) is 0. The third-order valence-electron chi connectivity index (χ3n) is 4.78. The van der Waals surface area contributed by atoms with Gasteiger partial charge in [-0.1, -0.05) is 13.8 Å². The zero-order valence-corrected chi connectivity index (χ0v) is 17.3. The third kappa shape index (κ3) is 4.65. The SMILES string of the molecule is Cc1ccc(-c2ccnc(N3CCO[C@H](C(=O)N(C)CC(C)C)C3)n2)c(C)n1. The van der Waals surface area contributed by atoms with Gasteiger partial charge in [-0.2, -0.15) is 0 Å². The summed E-state index contributed by atoms with van der Waals surface area (Å²) in [4.78, 5) is 30.2. The maximum atomic E-state index is 12.7. The highest BCUT2D eigenvalue weighted by Gasteiger charge is 2.30. The van der Waals surface area contributed by atoms with Crippen LogP contribution >= 0.6 is 0 Å². The second kappa shape index (κ2) is 8.65. The van der Waals surface area contributed by atoms with Gasteiger partial charge >= 0.3 is 0 Å². The Hall–Kier alpha value is -2.54. The second-order valence-corrected chi connectivity index (χ2v) is 7.75. The van der Waals surface area contributed by atoms with E-state index in [1.165, 1.54) is 0 Å². The van der Waals surface area contributed by atoms with E-state index in [4.69, 9.17) is 9.72 Å². The molecule has 3 rings (SSSR count). The Bertz CT molecular complexity index is 839. The smallest absolute Gasteiger partial charge is 0.253 e. The molecule has 0 aliphatic carbocycles. The zero-order valence-electron chi connectivity index (χ0n) is 17.3. The molecule has 0 saturated carbocycles. The summed E-state index contributed by atoms with van der Waals surface area (Å²) in [5.74, 6) is 1.04. The van der Waals surface area contributed by atoms with E-state index in [0.29, 0.717) is 38.1 Å². The summed E-state index contributed by atoms with van der Waals surface area (Å²) in [6.07, 6.45) is 1.27. The van der Waals surface area contributed by atoms with Crippen molar-refractivity contribution in [3.8, 4) is 11.3 Å². The molecule has 2 aromatic rings. The molecular weight excluding hydrogens is 354 g/mol. The summed E-state index contributed by atoms with van der Waals surface area (Å²) in [6, 6.07) is 5.91. The number of aryl methyl sites for hydroxylation is 2. The lowest BCUT2D eigenvalue weighted by molar-refractivity contribution is -0.143. The van der Waals surface area contributed by atoms with Crippen molar-refractivity contribution in [2.75, 3.05) is 38.2 Å². The second-order valence-electron chi connectivity index (χ2n) is 7.75. The molecule has 1 saturated heterocycles. The lowest BCUT2D eigenvalue weighted by Gasteiger charge is -2.34. The van der Waals surface area contributed by atoms with Gasteiger partial charge in [0.1, 0.15) is 0 Å². The fraction of sp³-hybridized carbons (Fsp3) is 0.524. The molecule has 2 aromatic heterocycles. The predicted molar refractivity (Wildman–Crippen MR) is 109 cm³/mol. The Morgan fingerprint density at radius 2 is 2.07 bits per heavy atom. The molecule has 0 aromatic carbocycles. The van der Waals surface area contributed by atoms with E-state index < -0.39 is 6.10 Å². The molecule has 0 N–H and O–H groups in total. The molecule has 1 aliphatic heterocycles. The quantitative estimate of drug-likeness (QED) is 0.790. The molecule has 0 unspecified atom stereocenters. The third-order valence-corrected chi connectivity index (χ3v) is 4.78. The van der Waals surface area contributed by atoms with Crippen molar-refractivity contribution in [1.82, 2.24) is 19.9 Å². The minimum Gasteiger partial charge on any atom is -0.365 e. The molecule has 3 heterocycles. The van der Waals surface area contributed by atoms with Crippen LogP contribution in [-0.2, 0) is 9.53 Å². The van der Waals surface area contributed by atoms with Crippen LogP contribution in [0.1, 0.15) is 25.2 Å². The van der Waals surface area contributed by atoms with Gasteiger partial charge in [0, 0.05) is 43.3 Å². The van der Waals surface area contributed by atoms with Crippen LogP contribution < -0.4 is 4.90 Å². The van der Waals surface area contributed by atoms with Crippen molar-refractivity contribution in [2.45, 2.75) is 33.8 Å². The normalized spacial score (nSPS) is 17.1. The number of hydrogen-bond acceptors (Lipinski definition) is 6.